The Balaban J connectivity index is 1.97. The van der Waals surface area contributed by atoms with Gasteiger partial charge in [0, 0.05) is 6.04 Å². The van der Waals surface area contributed by atoms with Gasteiger partial charge in [-0.05, 0) is 31.9 Å². The van der Waals surface area contributed by atoms with Crippen molar-refractivity contribution in [2.45, 2.75) is 56.4 Å². The van der Waals surface area contributed by atoms with Gasteiger partial charge in [0.1, 0.15) is 0 Å². The highest BCUT2D eigenvalue weighted by Crippen LogP contribution is 2.40. The summed E-state index contributed by atoms with van der Waals surface area (Å²) < 4.78 is 0. The molecule has 1 spiro atoms. The summed E-state index contributed by atoms with van der Waals surface area (Å²) in [6, 6.07) is 0.754. The Kier molecular flexibility index (Phi) is 2.66. The highest BCUT2D eigenvalue weighted by Gasteiger charge is 2.35. The summed E-state index contributed by atoms with van der Waals surface area (Å²) in [5.74, 6) is 1.37. The lowest BCUT2D eigenvalue weighted by Gasteiger charge is -2.43. The third kappa shape index (κ3) is 1.80. The third-order valence-electron chi connectivity index (χ3n) is 3.10. The van der Waals surface area contributed by atoms with E-state index in [-0.39, 0.29) is 0 Å². The number of rotatable bonds is 0. The molecule has 1 saturated carbocycles. The van der Waals surface area contributed by atoms with E-state index < -0.39 is 0 Å². The van der Waals surface area contributed by atoms with Crippen LogP contribution in [0.2, 0.25) is 0 Å². The minimum atomic E-state index is 0.496. The molecule has 0 bridgehead atoms. The lowest BCUT2D eigenvalue weighted by atomic mass is 9.93. The van der Waals surface area contributed by atoms with Crippen molar-refractivity contribution < 1.29 is 0 Å². The molecule has 1 unspecified atom stereocenters. The van der Waals surface area contributed by atoms with Crippen molar-refractivity contribution in [3.8, 4) is 0 Å². The minimum Gasteiger partial charge on any atom is -0.300 e. The molecule has 1 heterocycles. The van der Waals surface area contributed by atoms with Crippen molar-refractivity contribution in [2.75, 3.05) is 5.75 Å². The van der Waals surface area contributed by atoms with Crippen LogP contribution in [0.3, 0.4) is 0 Å². The van der Waals surface area contributed by atoms with Crippen LogP contribution in [0.25, 0.3) is 0 Å². The average molecular weight is 185 g/mol. The second-order valence-corrected chi connectivity index (χ2v) is 5.72. The van der Waals surface area contributed by atoms with E-state index in [0.29, 0.717) is 4.87 Å². The molecular weight excluding hydrogens is 166 g/mol. The SMILES string of the molecule is CC1CCSC2(CCCCC2)N1. The monoisotopic (exact) mass is 185 g/mol. The maximum atomic E-state index is 3.79. The second kappa shape index (κ2) is 3.59. The number of thioether (sulfide) groups is 1. The highest BCUT2D eigenvalue weighted by atomic mass is 32.2. The minimum absolute atomic E-state index is 0.496. The Morgan fingerprint density at radius 1 is 1.25 bits per heavy atom. The molecule has 70 valence electrons. The first-order valence-electron chi connectivity index (χ1n) is 5.22. The second-order valence-electron chi connectivity index (χ2n) is 4.24. The van der Waals surface area contributed by atoms with Crippen LogP contribution < -0.4 is 5.32 Å². The van der Waals surface area contributed by atoms with Crippen molar-refractivity contribution in [1.82, 2.24) is 5.32 Å². The van der Waals surface area contributed by atoms with E-state index in [4.69, 9.17) is 0 Å². The maximum absolute atomic E-state index is 3.79. The van der Waals surface area contributed by atoms with Gasteiger partial charge >= 0.3 is 0 Å². The van der Waals surface area contributed by atoms with Crippen LogP contribution in [0, 0.1) is 0 Å². The van der Waals surface area contributed by atoms with Crippen LogP contribution in [-0.4, -0.2) is 16.7 Å². The molecule has 0 radical (unpaired) electrons. The summed E-state index contributed by atoms with van der Waals surface area (Å²) >= 11 is 2.18. The molecule has 1 N–H and O–H groups in total. The van der Waals surface area contributed by atoms with Crippen molar-refractivity contribution in [2.24, 2.45) is 0 Å². The molecule has 2 heteroatoms. The third-order valence-corrected chi connectivity index (χ3v) is 4.62. The van der Waals surface area contributed by atoms with Crippen LogP contribution in [0.4, 0.5) is 0 Å². The summed E-state index contributed by atoms with van der Waals surface area (Å²) in [5.41, 5.74) is 0. The fraction of sp³-hybridized carbons (Fsp3) is 1.00. The van der Waals surface area contributed by atoms with E-state index in [1.54, 1.807) is 0 Å². The molecule has 12 heavy (non-hydrogen) atoms. The van der Waals surface area contributed by atoms with Crippen LogP contribution >= 0.6 is 11.8 Å². The van der Waals surface area contributed by atoms with E-state index in [0.717, 1.165) is 6.04 Å². The highest BCUT2D eigenvalue weighted by molar-refractivity contribution is 8.00. The molecule has 1 nitrogen and oxygen atoms in total. The Morgan fingerprint density at radius 2 is 2.00 bits per heavy atom. The standard InChI is InChI=1S/C10H19NS/c1-9-5-8-12-10(11-9)6-3-2-4-7-10/h9,11H,2-8H2,1H3. The van der Waals surface area contributed by atoms with Gasteiger partial charge in [-0.2, -0.15) is 0 Å². The maximum Gasteiger partial charge on any atom is 0.0647 e. The molecular formula is C10H19NS. The average Bonchev–Trinajstić information content (AvgIpc) is 2.05. The molecule has 2 rings (SSSR count). The van der Waals surface area contributed by atoms with Gasteiger partial charge in [-0.15, -0.1) is 11.8 Å². The Hall–Kier alpha value is 0.310. The number of hydrogen-bond donors (Lipinski definition) is 1. The van der Waals surface area contributed by atoms with E-state index >= 15 is 0 Å². The van der Waals surface area contributed by atoms with Gasteiger partial charge in [-0.3, -0.25) is 0 Å². The summed E-state index contributed by atoms with van der Waals surface area (Å²) in [6.07, 6.45) is 8.49. The van der Waals surface area contributed by atoms with E-state index in [1.807, 2.05) is 0 Å². The molecule has 1 aliphatic heterocycles. The normalized spacial score (nSPS) is 35.2. The molecule has 1 saturated heterocycles. The first-order valence-corrected chi connectivity index (χ1v) is 6.21. The molecule has 1 aliphatic carbocycles. The van der Waals surface area contributed by atoms with Gasteiger partial charge in [0.05, 0.1) is 4.87 Å². The van der Waals surface area contributed by atoms with E-state index in [9.17, 15) is 0 Å². The summed E-state index contributed by atoms with van der Waals surface area (Å²) in [6.45, 7) is 2.33. The smallest absolute Gasteiger partial charge is 0.0647 e. The van der Waals surface area contributed by atoms with E-state index in [2.05, 4.69) is 24.0 Å². The van der Waals surface area contributed by atoms with Crippen LogP contribution in [0.5, 0.6) is 0 Å². The molecule has 0 aromatic rings. The van der Waals surface area contributed by atoms with Gasteiger partial charge in [0.15, 0.2) is 0 Å². The topological polar surface area (TPSA) is 12.0 Å². The lowest BCUT2D eigenvalue weighted by molar-refractivity contribution is 0.298. The first kappa shape index (κ1) is 8.89. The number of hydrogen-bond acceptors (Lipinski definition) is 2. The van der Waals surface area contributed by atoms with Gasteiger partial charge in [0.25, 0.3) is 0 Å². The van der Waals surface area contributed by atoms with E-state index in [1.165, 1.54) is 44.3 Å². The fourth-order valence-electron chi connectivity index (χ4n) is 2.41. The molecule has 0 aromatic carbocycles. The zero-order chi connectivity index (χ0) is 8.44. The molecule has 1 atom stereocenters. The summed E-state index contributed by atoms with van der Waals surface area (Å²) in [4.78, 5) is 0.496. The zero-order valence-electron chi connectivity index (χ0n) is 7.94. The summed E-state index contributed by atoms with van der Waals surface area (Å²) in [5, 5.41) is 3.79. The van der Waals surface area contributed by atoms with Crippen molar-refractivity contribution in [1.29, 1.82) is 0 Å². The Labute approximate surface area is 79.7 Å². The van der Waals surface area contributed by atoms with Crippen molar-refractivity contribution in [3.05, 3.63) is 0 Å². The molecule has 0 amide bonds. The number of nitrogens with one attached hydrogen (secondary N) is 1. The van der Waals surface area contributed by atoms with Crippen LogP contribution in [0.15, 0.2) is 0 Å². The van der Waals surface area contributed by atoms with Crippen molar-refractivity contribution in [3.63, 3.8) is 0 Å². The zero-order valence-corrected chi connectivity index (χ0v) is 8.75. The quantitative estimate of drug-likeness (QED) is 0.623. The Morgan fingerprint density at radius 3 is 2.67 bits per heavy atom. The summed E-state index contributed by atoms with van der Waals surface area (Å²) in [7, 11) is 0. The predicted octanol–water partition coefficient (Wildman–Crippen LogP) is 2.76. The fourth-order valence-corrected chi connectivity index (χ4v) is 4.13. The molecule has 0 aromatic heterocycles. The Bertz CT molecular complexity index is 146. The molecule has 2 aliphatic rings. The predicted molar refractivity (Wildman–Crippen MR) is 55.5 cm³/mol. The van der Waals surface area contributed by atoms with Gasteiger partial charge in [-0.1, -0.05) is 19.3 Å². The molecule has 2 fully saturated rings. The van der Waals surface area contributed by atoms with Crippen LogP contribution in [0.1, 0.15) is 45.4 Å². The van der Waals surface area contributed by atoms with Crippen LogP contribution in [-0.2, 0) is 0 Å². The van der Waals surface area contributed by atoms with Gasteiger partial charge in [0.2, 0.25) is 0 Å². The first-order chi connectivity index (χ1) is 5.81. The largest absolute Gasteiger partial charge is 0.300 e. The van der Waals surface area contributed by atoms with Gasteiger partial charge in [-0.25, -0.2) is 0 Å². The lowest BCUT2D eigenvalue weighted by Crippen LogP contribution is -2.51. The van der Waals surface area contributed by atoms with Gasteiger partial charge < -0.3 is 5.32 Å². The van der Waals surface area contributed by atoms with Crippen molar-refractivity contribution >= 4 is 11.8 Å².